The molecule has 9 nitrogen and oxygen atoms in total. The Labute approximate surface area is 152 Å². The SMILES string of the molecule is O=C(Nc1ccncc1)c1ccn(COc2ccc([N+](=O)[O-])cc2Cl)n1. The number of ether oxygens (including phenoxy) is 1. The molecule has 0 unspecified atom stereocenters. The molecular weight excluding hydrogens is 362 g/mol. The van der Waals surface area contributed by atoms with Crippen LogP contribution in [-0.2, 0) is 6.73 Å². The van der Waals surface area contributed by atoms with E-state index in [0.29, 0.717) is 5.69 Å². The Morgan fingerprint density at radius 2 is 2.04 bits per heavy atom. The van der Waals surface area contributed by atoms with Gasteiger partial charge in [-0.1, -0.05) is 11.6 Å². The van der Waals surface area contributed by atoms with Crippen molar-refractivity contribution in [3.05, 3.63) is 75.8 Å². The first-order chi connectivity index (χ1) is 12.5. The molecular formula is C16H12ClN5O4. The number of pyridine rings is 1. The van der Waals surface area contributed by atoms with Gasteiger partial charge < -0.3 is 10.1 Å². The number of nitrogens with zero attached hydrogens (tertiary/aromatic N) is 4. The van der Waals surface area contributed by atoms with Gasteiger partial charge in [0.1, 0.15) is 5.75 Å². The van der Waals surface area contributed by atoms with Crippen molar-refractivity contribution in [2.45, 2.75) is 6.73 Å². The summed E-state index contributed by atoms with van der Waals surface area (Å²) in [4.78, 5) is 26.1. The monoisotopic (exact) mass is 373 g/mol. The second-order valence-electron chi connectivity index (χ2n) is 5.08. The predicted molar refractivity (Wildman–Crippen MR) is 93.2 cm³/mol. The van der Waals surface area contributed by atoms with Gasteiger partial charge in [-0.3, -0.25) is 19.9 Å². The molecule has 0 saturated carbocycles. The fraction of sp³-hybridized carbons (Fsp3) is 0.0625. The van der Waals surface area contributed by atoms with E-state index in [1.165, 1.54) is 28.9 Å². The molecule has 10 heteroatoms. The molecule has 26 heavy (non-hydrogen) atoms. The normalized spacial score (nSPS) is 10.3. The Balaban J connectivity index is 1.62. The number of hydrogen-bond acceptors (Lipinski definition) is 6. The van der Waals surface area contributed by atoms with Crippen molar-refractivity contribution in [2.75, 3.05) is 5.32 Å². The highest BCUT2D eigenvalue weighted by Crippen LogP contribution is 2.28. The molecule has 2 aromatic heterocycles. The number of amides is 1. The molecule has 3 aromatic rings. The average Bonchev–Trinajstić information content (AvgIpc) is 3.10. The minimum atomic E-state index is -0.545. The van der Waals surface area contributed by atoms with Gasteiger partial charge in [-0.25, -0.2) is 4.68 Å². The van der Waals surface area contributed by atoms with Crippen molar-refractivity contribution in [2.24, 2.45) is 0 Å². The van der Waals surface area contributed by atoms with Crippen molar-refractivity contribution in [3.8, 4) is 5.75 Å². The van der Waals surface area contributed by atoms with Gasteiger partial charge in [0.25, 0.3) is 11.6 Å². The number of non-ortho nitro benzene ring substituents is 1. The first-order valence-electron chi connectivity index (χ1n) is 7.34. The van der Waals surface area contributed by atoms with E-state index >= 15 is 0 Å². The van der Waals surface area contributed by atoms with Crippen molar-refractivity contribution in [1.29, 1.82) is 0 Å². The molecule has 0 bridgehead atoms. The zero-order valence-electron chi connectivity index (χ0n) is 13.2. The lowest BCUT2D eigenvalue weighted by atomic mass is 10.3. The molecule has 0 saturated heterocycles. The lowest BCUT2D eigenvalue weighted by Gasteiger charge is -2.07. The molecule has 0 aliphatic rings. The Morgan fingerprint density at radius 3 is 2.73 bits per heavy atom. The Hall–Kier alpha value is -3.46. The molecule has 0 spiro atoms. The summed E-state index contributed by atoms with van der Waals surface area (Å²) in [5.41, 5.74) is 0.685. The van der Waals surface area contributed by atoms with Crippen molar-refractivity contribution in [1.82, 2.24) is 14.8 Å². The highest BCUT2D eigenvalue weighted by molar-refractivity contribution is 6.32. The maximum absolute atomic E-state index is 12.1. The highest BCUT2D eigenvalue weighted by Gasteiger charge is 2.12. The standard InChI is InChI=1S/C16H12ClN5O4/c17-13-9-12(22(24)25)1-2-15(13)26-10-21-8-5-14(20-21)16(23)19-11-3-6-18-7-4-11/h1-9H,10H2,(H,18,19,23). The smallest absolute Gasteiger partial charge is 0.276 e. The van der Waals surface area contributed by atoms with E-state index < -0.39 is 4.92 Å². The molecule has 1 amide bonds. The van der Waals surface area contributed by atoms with Crippen LogP contribution in [0.5, 0.6) is 5.75 Å². The quantitative estimate of drug-likeness (QED) is 0.524. The lowest BCUT2D eigenvalue weighted by Crippen LogP contribution is -2.14. The summed E-state index contributed by atoms with van der Waals surface area (Å²) in [5.74, 6) is -0.0983. The fourth-order valence-corrected chi connectivity index (χ4v) is 2.27. The maximum Gasteiger partial charge on any atom is 0.276 e. The van der Waals surface area contributed by atoms with Gasteiger partial charge in [-0.2, -0.15) is 5.10 Å². The van der Waals surface area contributed by atoms with Crippen molar-refractivity contribution >= 4 is 28.9 Å². The molecule has 0 atom stereocenters. The summed E-state index contributed by atoms with van der Waals surface area (Å²) in [6.45, 7) is -0.0138. The average molecular weight is 374 g/mol. The van der Waals surface area contributed by atoms with Gasteiger partial charge in [-0.15, -0.1) is 0 Å². The minimum absolute atomic E-state index is 0.0138. The van der Waals surface area contributed by atoms with Crippen LogP contribution in [0.4, 0.5) is 11.4 Å². The molecule has 1 aromatic carbocycles. The Morgan fingerprint density at radius 1 is 1.27 bits per heavy atom. The van der Waals surface area contributed by atoms with Crippen LogP contribution in [0.25, 0.3) is 0 Å². The van der Waals surface area contributed by atoms with Crippen LogP contribution in [0.2, 0.25) is 5.02 Å². The number of hydrogen-bond donors (Lipinski definition) is 1. The van der Waals surface area contributed by atoms with Crippen LogP contribution in [-0.4, -0.2) is 25.6 Å². The van der Waals surface area contributed by atoms with Gasteiger partial charge in [0.05, 0.1) is 9.95 Å². The van der Waals surface area contributed by atoms with E-state index in [2.05, 4.69) is 15.4 Å². The molecule has 3 rings (SSSR count). The number of carbonyl (C=O) groups excluding carboxylic acids is 1. The van der Waals surface area contributed by atoms with E-state index in [-0.39, 0.29) is 34.8 Å². The van der Waals surface area contributed by atoms with Gasteiger partial charge in [0.15, 0.2) is 12.4 Å². The number of carbonyl (C=O) groups is 1. The van der Waals surface area contributed by atoms with Crippen LogP contribution < -0.4 is 10.1 Å². The maximum atomic E-state index is 12.1. The summed E-state index contributed by atoms with van der Waals surface area (Å²) in [5, 5.41) is 17.6. The summed E-state index contributed by atoms with van der Waals surface area (Å²) in [6.07, 6.45) is 4.70. The Bertz CT molecular complexity index is 945. The van der Waals surface area contributed by atoms with Crippen LogP contribution in [0, 0.1) is 10.1 Å². The van der Waals surface area contributed by atoms with Crippen molar-refractivity contribution in [3.63, 3.8) is 0 Å². The zero-order chi connectivity index (χ0) is 18.5. The minimum Gasteiger partial charge on any atom is -0.470 e. The fourth-order valence-electron chi connectivity index (χ4n) is 2.04. The first-order valence-corrected chi connectivity index (χ1v) is 7.72. The third-order valence-corrected chi connectivity index (χ3v) is 3.59. The van der Waals surface area contributed by atoms with Crippen LogP contribution >= 0.6 is 11.6 Å². The number of nitro groups is 1. The number of halogens is 1. The largest absolute Gasteiger partial charge is 0.470 e. The molecule has 0 aliphatic carbocycles. The third-order valence-electron chi connectivity index (χ3n) is 3.29. The number of nitrogens with one attached hydrogen (secondary N) is 1. The van der Waals surface area contributed by atoms with Gasteiger partial charge in [0.2, 0.25) is 0 Å². The summed E-state index contributed by atoms with van der Waals surface area (Å²) < 4.78 is 6.88. The zero-order valence-corrected chi connectivity index (χ0v) is 14.0. The molecule has 0 fully saturated rings. The first kappa shape index (κ1) is 17.4. The second-order valence-corrected chi connectivity index (χ2v) is 5.48. The number of nitro benzene ring substituents is 1. The van der Waals surface area contributed by atoms with Crippen LogP contribution in [0.15, 0.2) is 55.0 Å². The van der Waals surface area contributed by atoms with E-state index in [1.54, 1.807) is 30.7 Å². The summed E-state index contributed by atoms with van der Waals surface area (Å²) in [7, 11) is 0. The van der Waals surface area contributed by atoms with Crippen LogP contribution in [0.1, 0.15) is 10.5 Å². The van der Waals surface area contributed by atoms with Crippen LogP contribution in [0.3, 0.4) is 0 Å². The molecule has 132 valence electrons. The highest BCUT2D eigenvalue weighted by atomic mass is 35.5. The van der Waals surface area contributed by atoms with Crippen molar-refractivity contribution < 1.29 is 14.5 Å². The lowest BCUT2D eigenvalue weighted by molar-refractivity contribution is -0.384. The molecule has 1 N–H and O–H groups in total. The van der Waals surface area contributed by atoms with E-state index in [0.717, 1.165) is 0 Å². The third kappa shape index (κ3) is 4.14. The Kier molecular flexibility index (Phi) is 5.09. The molecule has 2 heterocycles. The summed E-state index contributed by atoms with van der Waals surface area (Å²) in [6, 6.07) is 8.76. The molecule has 0 aliphatic heterocycles. The van der Waals surface area contributed by atoms with Gasteiger partial charge in [0, 0.05) is 36.4 Å². The second kappa shape index (κ2) is 7.62. The summed E-state index contributed by atoms with van der Waals surface area (Å²) >= 11 is 5.96. The predicted octanol–water partition coefficient (Wildman–Crippen LogP) is 3.13. The van der Waals surface area contributed by atoms with Gasteiger partial charge >= 0.3 is 0 Å². The van der Waals surface area contributed by atoms with Gasteiger partial charge in [-0.05, 0) is 24.3 Å². The van der Waals surface area contributed by atoms with E-state index in [4.69, 9.17) is 16.3 Å². The topological polar surface area (TPSA) is 112 Å². The number of anilines is 1. The van der Waals surface area contributed by atoms with E-state index in [9.17, 15) is 14.9 Å². The molecule has 0 radical (unpaired) electrons. The number of rotatable bonds is 6. The number of aromatic nitrogens is 3. The number of benzene rings is 1. The van der Waals surface area contributed by atoms with E-state index in [1.807, 2.05) is 0 Å².